The Balaban J connectivity index is 0.000000226. The summed E-state index contributed by atoms with van der Waals surface area (Å²) in [4.78, 5) is 24.4. The Morgan fingerprint density at radius 3 is 1.60 bits per heavy atom. The minimum absolute atomic E-state index is 0. The zero-order valence-electron chi connectivity index (χ0n) is 43.4. The number of amides is 2. The van der Waals surface area contributed by atoms with Gasteiger partial charge in [0, 0.05) is 25.9 Å². The third-order valence-corrected chi connectivity index (χ3v) is 23.5. The van der Waals surface area contributed by atoms with Gasteiger partial charge in [-0.05, 0) is 202 Å². The van der Waals surface area contributed by atoms with Crippen LogP contribution in [0.3, 0.4) is 0 Å². The van der Waals surface area contributed by atoms with Crippen LogP contribution in [-0.4, -0.2) is 118 Å². The van der Waals surface area contributed by atoms with E-state index in [0.717, 1.165) is 77.0 Å². The van der Waals surface area contributed by atoms with Gasteiger partial charge in [0.15, 0.2) is 0 Å². The first-order valence-electron chi connectivity index (χ1n) is 27.0. The normalized spacial score (nSPS) is 45.0. The molecule has 0 aliphatic heterocycles. The fourth-order valence-electron chi connectivity index (χ4n) is 18.2. The molecule has 2 amide bonds. The van der Waals surface area contributed by atoms with Crippen LogP contribution in [0.2, 0.25) is 0 Å². The molecule has 18 heteroatoms. The summed E-state index contributed by atoms with van der Waals surface area (Å²) >= 11 is 0. The van der Waals surface area contributed by atoms with Crippen LogP contribution in [0.25, 0.3) is 0 Å². The van der Waals surface area contributed by atoms with E-state index in [1.54, 1.807) is 0 Å². The molecule has 0 aromatic rings. The van der Waals surface area contributed by atoms with Crippen molar-refractivity contribution in [1.82, 2.24) is 10.6 Å². The van der Waals surface area contributed by atoms with E-state index in [0.29, 0.717) is 67.1 Å². The number of hydrogen-bond donors (Lipinski definition) is 8. The van der Waals surface area contributed by atoms with Crippen molar-refractivity contribution in [2.75, 3.05) is 24.6 Å². The van der Waals surface area contributed by atoms with Gasteiger partial charge in [0.05, 0.1) is 52.1 Å². The topological polar surface area (TPSA) is 271 Å². The molecule has 70 heavy (non-hydrogen) atoms. The first kappa shape index (κ1) is 58.8. The Kier molecular flexibility index (Phi) is 19.0. The number of aliphatic hydroxyl groups excluding tert-OH is 5. The zero-order valence-corrected chi connectivity index (χ0v) is 47.1. The first-order valence-corrected chi connectivity index (χ1v) is 30.1. The van der Waals surface area contributed by atoms with Gasteiger partial charge in [-0.3, -0.25) is 14.1 Å². The van der Waals surface area contributed by atoms with Gasteiger partial charge >= 0.3 is 29.6 Å². The second-order valence-electron chi connectivity index (χ2n) is 25.2. The zero-order chi connectivity index (χ0) is 50.6. The average molecular weight is 1040 g/mol. The van der Waals surface area contributed by atoms with Crippen LogP contribution in [0, 0.1) is 92.7 Å². The molecular weight excluding hydrogens is 948 g/mol. The molecule has 0 saturated heterocycles. The summed E-state index contributed by atoms with van der Waals surface area (Å²) in [6.07, 6.45) is 14.5. The summed E-state index contributed by atoms with van der Waals surface area (Å²) in [6.45, 7) is 13.3. The predicted molar refractivity (Wildman–Crippen MR) is 260 cm³/mol. The molecule has 0 radical (unpaired) electrons. The second-order valence-corrected chi connectivity index (χ2v) is 28.3. The van der Waals surface area contributed by atoms with E-state index in [1.165, 1.54) is 12.8 Å². The van der Waals surface area contributed by atoms with Gasteiger partial charge in [-0.25, -0.2) is 8.42 Å². The fraction of sp³-hybridized carbons (Fsp3) is 0.962. The summed E-state index contributed by atoms with van der Waals surface area (Å²) in [5.41, 5.74) is -0.162. The summed E-state index contributed by atoms with van der Waals surface area (Å²) in [7, 11) is -8.42. The van der Waals surface area contributed by atoms with Crippen LogP contribution in [0.15, 0.2) is 0 Å². The van der Waals surface area contributed by atoms with Crippen LogP contribution in [0.5, 0.6) is 0 Å². The third-order valence-electron chi connectivity index (χ3n) is 22.0. The van der Waals surface area contributed by atoms with Crippen molar-refractivity contribution in [1.29, 1.82) is 0 Å². The van der Waals surface area contributed by atoms with E-state index in [1.807, 2.05) is 0 Å². The molecule has 0 bridgehead atoms. The largest absolute Gasteiger partial charge is 1.00 e. The number of hydrogen-bond acceptors (Lipinski definition) is 12. The van der Waals surface area contributed by atoms with Gasteiger partial charge in [-0.1, -0.05) is 41.5 Å². The molecule has 8 rings (SSSR count). The Morgan fingerprint density at radius 2 is 1.07 bits per heavy atom. The van der Waals surface area contributed by atoms with Crippen molar-refractivity contribution < 1.29 is 90.6 Å². The Morgan fingerprint density at radius 1 is 0.600 bits per heavy atom. The molecule has 8 aliphatic rings. The van der Waals surface area contributed by atoms with Gasteiger partial charge in [0.1, 0.15) is 0 Å². The fourth-order valence-corrected chi connectivity index (χ4v) is 18.9. The molecule has 0 aromatic carbocycles. The molecule has 8 unspecified atom stereocenters. The molecular formula is C52H89N2NaO13S2. The molecule has 8 N–H and O–H groups in total. The van der Waals surface area contributed by atoms with Crippen molar-refractivity contribution in [3.8, 4) is 0 Å². The molecule has 21 atom stereocenters. The number of aliphatic hydroxyl groups is 5. The molecule has 398 valence electrons. The van der Waals surface area contributed by atoms with Crippen LogP contribution >= 0.6 is 0 Å². The number of carbonyl (C=O) groups excluding carboxylic acids is 2. The van der Waals surface area contributed by atoms with E-state index in [4.69, 9.17) is 4.55 Å². The quantitative estimate of drug-likeness (QED) is 0.0919. The van der Waals surface area contributed by atoms with Crippen molar-refractivity contribution in [3.63, 3.8) is 0 Å². The Bertz CT molecular complexity index is 2050. The van der Waals surface area contributed by atoms with Crippen molar-refractivity contribution in [2.24, 2.45) is 92.7 Å². The molecule has 0 spiro atoms. The summed E-state index contributed by atoms with van der Waals surface area (Å²) < 4.78 is 62.7. The van der Waals surface area contributed by atoms with E-state index in [2.05, 4.69) is 52.2 Å². The standard InChI is InChI=1S/C26H45NO7S.C26H45NO6S.Na/c1-15(4-7-23(31)27-10-11-35(32,33)34)18-5-6-19-24-20(14-22(30)26(18,19)3)25(2)9-8-17(28)12-16(25)13-21(24)29;1-16(4-9-24(30)27-12-13-34(31,32)33)20-7-8-21-19-6-5-17-14-18(28)10-11-25(17,2)22(19)15-23(29)26(20,21)3;/h15-22,24,28-30H,4-14H2,1-3H3,(H,27,31)(H,32,33,34);16-23,28-29H,4-15H2,1-3H3,(H,27,30)(H,31,32,33);/q;;+1/p-1/t15-,16?,17-,18-,19?,20?,21-,22+,24?,25+,26-;16-,17?,18-,19?,20-,21?,22?,23+,25+,26-;/m11./s1. The molecule has 15 nitrogen and oxygen atoms in total. The van der Waals surface area contributed by atoms with Crippen molar-refractivity contribution in [3.05, 3.63) is 0 Å². The maximum atomic E-state index is 12.2. The van der Waals surface area contributed by atoms with Gasteiger partial charge < -0.3 is 40.7 Å². The van der Waals surface area contributed by atoms with Crippen LogP contribution < -0.4 is 40.2 Å². The first-order chi connectivity index (χ1) is 32.1. The molecule has 8 saturated carbocycles. The van der Waals surface area contributed by atoms with Gasteiger partial charge in [0.2, 0.25) is 11.8 Å². The smallest absolute Gasteiger partial charge is 0.748 e. The summed E-state index contributed by atoms with van der Waals surface area (Å²) in [6, 6.07) is 0. The summed E-state index contributed by atoms with van der Waals surface area (Å²) in [5, 5.41) is 60.2. The predicted octanol–water partition coefficient (Wildman–Crippen LogP) is 2.43. The Labute approximate surface area is 441 Å². The average Bonchev–Trinajstić information content (AvgIpc) is 3.81. The number of carbonyl (C=O) groups is 2. The third kappa shape index (κ3) is 11.9. The van der Waals surface area contributed by atoms with Crippen molar-refractivity contribution >= 4 is 32.1 Å². The SMILES string of the molecule is C[C@H](CCC(=O)NCCS(=O)(=O)O)[C@H]1CCC2C3CCC4C[C@H](O)CC[C@]4(C)C3C[C@H](O)[C@@]21C.C[C@H](CCC(=O)NCCS(=O)(=O)[O-])[C@H]1CCC2C3C(C[C@H](O)[C@@]21C)[C@@]1(C)CC[C@@H](O)CC1C[C@H]3O.[Na+]. The van der Waals surface area contributed by atoms with E-state index >= 15 is 0 Å². The van der Waals surface area contributed by atoms with Crippen LogP contribution in [0.4, 0.5) is 0 Å². The summed E-state index contributed by atoms with van der Waals surface area (Å²) in [5.74, 6) is 2.80. The van der Waals surface area contributed by atoms with Gasteiger partial charge in [-0.2, -0.15) is 8.42 Å². The van der Waals surface area contributed by atoms with E-state index in [-0.39, 0.29) is 130 Å². The minimum Gasteiger partial charge on any atom is -0.748 e. The van der Waals surface area contributed by atoms with Gasteiger partial charge in [-0.15, -0.1) is 0 Å². The molecule has 0 heterocycles. The molecule has 8 fully saturated rings. The number of nitrogens with one attached hydrogen (secondary N) is 2. The maximum absolute atomic E-state index is 12.2. The maximum Gasteiger partial charge on any atom is 1.00 e. The monoisotopic (exact) mass is 1040 g/mol. The van der Waals surface area contributed by atoms with E-state index < -0.39 is 43.9 Å². The molecule has 8 aliphatic carbocycles. The molecule has 0 aromatic heterocycles. The van der Waals surface area contributed by atoms with Crippen molar-refractivity contribution in [2.45, 2.75) is 194 Å². The Hall–Kier alpha value is -0.440. The van der Waals surface area contributed by atoms with Crippen LogP contribution in [0.1, 0.15) is 164 Å². The van der Waals surface area contributed by atoms with E-state index in [9.17, 15) is 56.5 Å². The second kappa shape index (κ2) is 22.6. The number of rotatable bonds is 14. The minimum atomic E-state index is -4.35. The number of fused-ring (bicyclic) bond motifs is 10. The van der Waals surface area contributed by atoms with Crippen LogP contribution in [-0.2, 0) is 29.8 Å². The van der Waals surface area contributed by atoms with Gasteiger partial charge in [0.25, 0.3) is 10.1 Å².